The van der Waals surface area contributed by atoms with E-state index in [0.29, 0.717) is 6.54 Å². The third kappa shape index (κ3) is 6.72. The molecule has 2 aliphatic rings. The fourth-order valence-corrected chi connectivity index (χ4v) is 5.87. The molecule has 4 aromatic rings. The highest BCUT2D eigenvalue weighted by molar-refractivity contribution is 5.67. The van der Waals surface area contributed by atoms with Crippen LogP contribution in [0.3, 0.4) is 0 Å². The molecular formula is C32H39FN8O2. The van der Waals surface area contributed by atoms with Crippen LogP contribution in [-0.2, 0) is 4.74 Å². The standard InChI is InChI=1S/C32H39FN8O2/c1-32(2,3)43-31(42)34-14-16-38-17-19-39(20-18-38)29-11-5-9-25(36-29)27-22-35-28-12-13-30(37-41(27)28)40-15-6-10-26(40)23-7-4-8-24(33)21-23/h4-5,7-9,11-13,21-22,26H,6,10,14-20H2,1-3H3,(H,34,42)/t26-/m1/s1. The highest BCUT2D eigenvalue weighted by Crippen LogP contribution is 2.35. The smallest absolute Gasteiger partial charge is 0.407 e. The van der Waals surface area contributed by atoms with E-state index in [4.69, 9.17) is 14.8 Å². The summed E-state index contributed by atoms with van der Waals surface area (Å²) in [4.78, 5) is 28.4. The Morgan fingerprint density at radius 3 is 2.63 bits per heavy atom. The second-order valence-corrected chi connectivity index (χ2v) is 12.1. The molecule has 1 amide bonds. The van der Waals surface area contributed by atoms with E-state index in [2.05, 4.69) is 25.0 Å². The zero-order chi connectivity index (χ0) is 30.0. The number of pyridine rings is 1. The minimum atomic E-state index is -0.500. The topological polar surface area (TPSA) is 91.1 Å². The van der Waals surface area contributed by atoms with Gasteiger partial charge in [-0.1, -0.05) is 18.2 Å². The molecule has 2 fully saturated rings. The third-order valence-corrected chi connectivity index (χ3v) is 7.92. The first-order valence-electron chi connectivity index (χ1n) is 15.0. The molecule has 0 aliphatic carbocycles. The number of imidazole rings is 1. The molecular weight excluding hydrogens is 547 g/mol. The molecule has 0 bridgehead atoms. The first-order valence-corrected chi connectivity index (χ1v) is 15.0. The van der Waals surface area contributed by atoms with Crippen molar-refractivity contribution in [2.45, 2.75) is 45.3 Å². The lowest BCUT2D eigenvalue weighted by Crippen LogP contribution is -2.49. The summed E-state index contributed by atoms with van der Waals surface area (Å²) in [6.07, 6.45) is 3.42. The van der Waals surface area contributed by atoms with Gasteiger partial charge >= 0.3 is 6.09 Å². The van der Waals surface area contributed by atoms with Crippen LogP contribution in [0.5, 0.6) is 0 Å². The number of aromatic nitrogens is 4. The van der Waals surface area contributed by atoms with Gasteiger partial charge in [0.1, 0.15) is 28.7 Å². The number of hydrogen-bond acceptors (Lipinski definition) is 8. The summed E-state index contributed by atoms with van der Waals surface area (Å²) in [5.41, 5.74) is 2.86. The van der Waals surface area contributed by atoms with Gasteiger partial charge in [-0.3, -0.25) is 4.90 Å². The number of hydrogen-bond donors (Lipinski definition) is 1. The van der Waals surface area contributed by atoms with Crippen LogP contribution in [-0.4, -0.2) is 82.0 Å². The molecule has 0 unspecified atom stereocenters. The highest BCUT2D eigenvalue weighted by Gasteiger charge is 2.28. The van der Waals surface area contributed by atoms with Crippen molar-refractivity contribution >= 4 is 23.4 Å². The molecule has 5 heterocycles. The average Bonchev–Trinajstić information content (AvgIpc) is 3.64. The number of carbonyl (C=O) groups excluding carboxylic acids is 1. The van der Waals surface area contributed by atoms with Crippen LogP contribution in [0.4, 0.5) is 20.8 Å². The molecule has 0 spiro atoms. The Labute approximate surface area is 251 Å². The van der Waals surface area contributed by atoms with Crippen LogP contribution in [0.1, 0.15) is 45.2 Å². The normalized spacial score (nSPS) is 17.9. The van der Waals surface area contributed by atoms with E-state index in [9.17, 15) is 9.18 Å². The summed E-state index contributed by atoms with van der Waals surface area (Å²) < 4.78 is 21.2. The first-order chi connectivity index (χ1) is 20.7. The number of fused-ring (bicyclic) bond motifs is 1. The van der Waals surface area contributed by atoms with E-state index in [-0.39, 0.29) is 18.0 Å². The summed E-state index contributed by atoms with van der Waals surface area (Å²) in [6.45, 7) is 11.2. The lowest BCUT2D eigenvalue weighted by Gasteiger charge is -2.35. The third-order valence-electron chi connectivity index (χ3n) is 7.92. The summed E-state index contributed by atoms with van der Waals surface area (Å²) in [5.74, 6) is 1.54. The molecule has 0 radical (unpaired) electrons. The fourth-order valence-electron chi connectivity index (χ4n) is 5.87. The summed E-state index contributed by atoms with van der Waals surface area (Å²) in [6, 6.07) is 17.0. The maximum absolute atomic E-state index is 14.0. The van der Waals surface area contributed by atoms with E-state index >= 15 is 0 Å². The van der Waals surface area contributed by atoms with Crippen molar-refractivity contribution in [3.8, 4) is 11.4 Å². The Balaban J connectivity index is 1.13. The van der Waals surface area contributed by atoms with E-state index in [0.717, 1.165) is 86.3 Å². The number of benzene rings is 1. The number of amides is 1. The molecule has 1 N–H and O–H groups in total. The highest BCUT2D eigenvalue weighted by atomic mass is 19.1. The molecule has 1 atom stereocenters. The summed E-state index contributed by atoms with van der Waals surface area (Å²) in [7, 11) is 0. The quantitative estimate of drug-likeness (QED) is 0.327. The summed E-state index contributed by atoms with van der Waals surface area (Å²) >= 11 is 0. The van der Waals surface area contributed by atoms with Crippen LogP contribution in [0.25, 0.3) is 17.0 Å². The van der Waals surface area contributed by atoms with Gasteiger partial charge in [0.2, 0.25) is 0 Å². The number of ether oxygens (including phenoxy) is 1. The molecule has 6 rings (SSSR count). The van der Waals surface area contributed by atoms with Crippen LogP contribution in [0.15, 0.2) is 60.8 Å². The lowest BCUT2D eigenvalue weighted by atomic mass is 10.0. The second kappa shape index (κ2) is 12.2. The van der Waals surface area contributed by atoms with E-state index in [1.807, 2.05) is 67.9 Å². The number of rotatable bonds is 7. The van der Waals surface area contributed by atoms with Crippen LogP contribution in [0.2, 0.25) is 0 Å². The largest absolute Gasteiger partial charge is 0.444 e. The number of nitrogens with zero attached hydrogens (tertiary/aromatic N) is 7. The lowest BCUT2D eigenvalue weighted by molar-refractivity contribution is 0.0521. The number of alkyl carbamates (subject to hydrolysis) is 1. The molecule has 3 aromatic heterocycles. The van der Waals surface area contributed by atoms with Gasteiger partial charge in [0.05, 0.1) is 17.9 Å². The van der Waals surface area contributed by atoms with E-state index in [1.54, 1.807) is 12.1 Å². The van der Waals surface area contributed by atoms with Crippen molar-refractivity contribution in [1.82, 2.24) is 29.8 Å². The molecule has 1 aromatic carbocycles. The molecule has 10 nitrogen and oxygen atoms in total. The van der Waals surface area contributed by atoms with Gasteiger partial charge in [0, 0.05) is 45.8 Å². The van der Waals surface area contributed by atoms with Crippen LogP contribution in [0, 0.1) is 5.82 Å². The number of piperazine rings is 1. The van der Waals surface area contributed by atoms with Gasteiger partial charge in [-0.2, -0.15) is 0 Å². The molecule has 11 heteroatoms. The fraction of sp³-hybridized carbons (Fsp3) is 0.438. The van der Waals surface area contributed by atoms with Gasteiger partial charge in [-0.05, 0) is 75.6 Å². The van der Waals surface area contributed by atoms with Gasteiger partial charge in [0.15, 0.2) is 5.65 Å². The Morgan fingerprint density at radius 2 is 1.84 bits per heavy atom. The Hall–Kier alpha value is -4.25. The van der Waals surface area contributed by atoms with Crippen molar-refractivity contribution in [2.24, 2.45) is 0 Å². The van der Waals surface area contributed by atoms with Gasteiger partial charge < -0.3 is 19.9 Å². The number of halogens is 1. The zero-order valence-electron chi connectivity index (χ0n) is 25.0. The predicted octanol–water partition coefficient (Wildman–Crippen LogP) is 4.92. The van der Waals surface area contributed by atoms with Gasteiger partial charge in [-0.25, -0.2) is 23.7 Å². The zero-order valence-corrected chi connectivity index (χ0v) is 25.0. The maximum atomic E-state index is 14.0. The summed E-state index contributed by atoms with van der Waals surface area (Å²) in [5, 5.41) is 7.83. The Kier molecular flexibility index (Phi) is 8.16. The van der Waals surface area contributed by atoms with E-state index < -0.39 is 5.60 Å². The van der Waals surface area contributed by atoms with Crippen molar-refractivity contribution in [1.29, 1.82) is 0 Å². The monoisotopic (exact) mass is 586 g/mol. The minimum absolute atomic E-state index is 0.0841. The number of nitrogens with one attached hydrogen (secondary N) is 1. The predicted molar refractivity (Wildman–Crippen MR) is 165 cm³/mol. The number of carbonyl (C=O) groups is 1. The van der Waals surface area contributed by atoms with Crippen LogP contribution >= 0.6 is 0 Å². The van der Waals surface area contributed by atoms with Crippen molar-refractivity contribution < 1.29 is 13.9 Å². The maximum Gasteiger partial charge on any atom is 0.407 e. The molecule has 2 saturated heterocycles. The minimum Gasteiger partial charge on any atom is -0.444 e. The Morgan fingerprint density at radius 1 is 1.02 bits per heavy atom. The molecule has 226 valence electrons. The van der Waals surface area contributed by atoms with Crippen molar-refractivity contribution in [3.63, 3.8) is 0 Å². The first kappa shape index (κ1) is 28.9. The van der Waals surface area contributed by atoms with Crippen molar-refractivity contribution in [2.75, 3.05) is 55.6 Å². The van der Waals surface area contributed by atoms with Crippen molar-refractivity contribution in [3.05, 3.63) is 72.2 Å². The number of anilines is 2. The molecule has 0 saturated carbocycles. The van der Waals surface area contributed by atoms with Crippen LogP contribution < -0.4 is 15.1 Å². The molecule has 43 heavy (non-hydrogen) atoms. The SMILES string of the molecule is CC(C)(C)OC(=O)NCCN1CCN(c2cccc(-c3cnc4ccc(N5CCC[C@@H]5c5cccc(F)c5)nn34)n2)CC1. The van der Waals surface area contributed by atoms with Gasteiger partial charge in [0.25, 0.3) is 0 Å². The average molecular weight is 587 g/mol. The Bertz CT molecular complexity index is 1580. The van der Waals surface area contributed by atoms with E-state index in [1.165, 1.54) is 6.07 Å². The second-order valence-electron chi connectivity index (χ2n) is 12.1. The molecule has 2 aliphatic heterocycles. The van der Waals surface area contributed by atoms with Gasteiger partial charge in [-0.15, -0.1) is 5.10 Å².